The van der Waals surface area contributed by atoms with E-state index in [0.717, 1.165) is 0 Å². The molecule has 0 heterocycles. The van der Waals surface area contributed by atoms with E-state index in [0.29, 0.717) is 0 Å². The predicted octanol–water partition coefficient (Wildman–Crippen LogP) is -0.331. The summed E-state index contributed by atoms with van der Waals surface area (Å²) in [5.41, 5.74) is 5.04. The molecule has 0 aromatic heterocycles. The number of benzene rings is 1. The molecule has 1 aromatic carbocycles. The van der Waals surface area contributed by atoms with Crippen LogP contribution in [0.25, 0.3) is 0 Å². The summed E-state index contributed by atoms with van der Waals surface area (Å²) in [6, 6.07) is 6.14. The van der Waals surface area contributed by atoms with Crippen LogP contribution in [0.15, 0.2) is 29.2 Å². The van der Waals surface area contributed by atoms with E-state index in [1.807, 2.05) is 0 Å². The molecule has 0 saturated carbocycles. The van der Waals surface area contributed by atoms with Crippen LogP contribution in [-0.2, 0) is 10.0 Å². The van der Waals surface area contributed by atoms with Crippen LogP contribution in [0, 0.1) is 0 Å². The SMILES string of the molecule is CC(N)CO.COc1ccccc1S(N)(=O)=O. The summed E-state index contributed by atoms with van der Waals surface area (Å²) >= 11 is 0. The molecule has 6 nitrogen and oxygen atoms in total. The average molecular weight is 262 g/mol. The molecule has 0 aliphatic heterocycles. The maximum atomic E-state index is 10.9. The summed E-state index contributed by atoms with van der Waals surface area (Å²) < 4.78 is 26.6. The highest BCUT2D eigenvalue weighted by Gasteiger charge is 2.12. The second kappa shape index (κ2) is 7.23. The predicted molar refractivity (Wildman–Crippen MR) is 65.1 cm³/mol. The lowest BCUT2D eigenvalue weighted by Gasteiger charge is -2.04. The molecule has 5 N–H and O–H groups in total. The van der Waals surface area contributed by atoms with Gasteiger partial charge in [-0.15, -0.1) is 0 Å². The summed E-state index contributed by atoms with van der Waals surface area (Å²) in [4.78, 5) is 0.00694. The van der Waals surface area contributed by atoms with Crippen molar-refractivity contribution in [3.05, 3.63) is 24.3 Å². The first-order chi connectivity index (χ1) is 7.82. The number of para-hydroxylation sites is 1. The largest absolute Gasteiger partial charge is 0.495 e. The number of nitrogens with two attached hydrogens (primary N) is 2. The Morgan fingerprint density at radius 3 is 2.18 bits per heavy atom. The third kappa shape index (κ3) is 6.22. The summed E-state index contributed by atoms with van der Waals surface area (Å²) in [6.07, 6.45) is 0. The van der Waals surface area contributed by atoms with Gasteiger partial charge < -0.3 is 15.6 Å². The molecular formula is C10H18N2O4S. The Labute approximate surface area is 101 Å². The third-order valence-electron chi connectivity index (χ3n) is 1.66. The zero-order chi connectivity index (χ0) is 13.5. The average Bonchev–Trinajstić information content (AvgIpc) is 2.28. The fraction of sp³-hybridized carbons (Fsp3) is 0.400. The fourth-order valence-electron chi connectivity index (χ4n) is 0.854. The minimum absolute atomic E-state index is 0.00694. The third-order valence-corrected chi connectivity index (χ3v) is 2.61. The number of aliphatic hydroxyl groups is 1. The molecule has 1 rings (SSSR count). The van der Waals surface area contributed by atoms with Crippen LogP contribution in [0.3, 0.4) is 0 Å². The van der Waals surface area contributed by atoms with Crippen molar-refractivity contribution in [2.75, 3.05) is 13.7 Å². The van der Waals surface area contributed by atoms with Gasteiger partial charge in [-0.1, -0.05) is 12.1 Å². The topological polar surface area (TPSA) is 116 Å². The lowest BCUT2D eigenvalue weighted by atomic mass is 10.3. The molecule has 0 aliphatic carbocycles. The summed E-state index contributed by atoms with van der Waals surface area (Å²) in [6.45, 7) is 1.83. The second-order valence-corrected chi connectivity index (χ2v) is 4.89. The van der Waals surface area contributed by atoms with Gasteiger partial charge in [-0.05, 0) is 19.1 Å². The number of hydrogen-bond acceptors (Lipinski definition) is 5. The highest BCUT2D eigenvalue weighted by Crippen LogP contribution is 2.20. The number of ether oxygens (including phenoxy) is 1. The monoisotopic (exact) mass is 262 g/mol. The maximum absolute atomic E-state index is 10.9. The van der Waals surface area contributed by atoms with Crippen molar-refractivity contribution in [2.45, 2.75) is 17.9 Å². The van der Waals surface area contributed by atoms with Crippen LogP contribution >= 0.6 is 0 Å². The summed E-state index contributed by atoms with van der Waals surface area (Å²) in [7, 11) is -2.28. The van der Waals surface area contributed by atoms with Crippen molar-refractivity contribution in [2.24, 2.45) is 10.9 Å². The van der Waals surface area contributed by atoms with Crippen LogP contribution < -0.4 is 15.6 Å². The van der Waals surface area contributed by atoms with Crippen LogP contribution in [-0.4, -0.2) is 33.3 Å². The number of aliphatic hydroxyl groups excluding tert-OH is 1. The van der Waals surface area contributed by atoms with Gasteiger partial charge in [0, 0.05) is 6.04 Å². The molecule has 17 heavy (non-hydrogen) atoms. The fourth-order valence-corrected chi connectivity index (χ4v) is 1.55. The number of hydrogen-bond donors (Lipinski definition) is 3. The normalized spacial score (nSPS) is 12.3. The Kier molecular flexibility index (Phi) is 6.74. The lowest BCUT2D eigenvalue weighted by molar-refractivity contribution is 0.273. The molecule has 0 bridgehead atoms. The van der Waals surface area contributed by atoms with Crippen molar-refractivity contribution in [1.82, 2.24) is 0 Å². The van der Waals surface area contributed by atoms with Crippen molar-refractivity contribution in [1.29, 1.82) is 0 Å². The molecule has 0 spiro atoms. The number of sulfonamides is 1. The molecule has 98 valence electrons. The first-order valence-electron chi connectivity index (χ1n) is 4.85. The lowest BCUT2D eigenvalue weighted by Crippen LogP contribution is -2.18. The first-order valence-corrected chi connectivity index (χ1v) is 6.39. The van der Waals surface area contributed by atoms with Crippen molar-refractivity contribution in [3.63, 3.8) is 0 Å². The zero-order valence-corrected chi connectivity index (χ0v) is 10.6. The van der Waals surface area contributed by atoms with Crippen LogP contribution in [0.2, 0.25) is 0 Å². The van der Waals surface area contributed by atoms with Gasteiger partial charge in [-0.25, -0.2) is 13.6 Å². The first kappa shape index (κ1) is 15.9. The smallest absolute Gasteiger partial charge is 0.241 e. The van der Waals surface area contributed by atoms with Gasteiger partial charge >= 0.3 is 0 Å². The van der Waals surface area contributed by atoms with Crippen molar-refractivity contribution >= 4 is 10.0 Å². The summed E-state index contributed by atoms with van der Waals surface area (Å²) in [5, 5.41) is 12.9. The molecule has 1 aromatic rings. The van der Waals surface area contributed by atoms with E-state index >= 15 is 0 Å². The van der Waals surface area contributed by atoms with Gasteiger partial charge in [0.05, 0.1) is 13.7 Å². The van der Waals surface area contributed by atoms with E-state index in [1.54, 1.807) is 25.1 Å². The Morgan fingerprint density at radius 2 is 1.88 bits per heavy atom. The summed E-state index contributed by atoms with van der Waals surface area (Å²) in [5.74, 6) is 0.264. The zero-order valence-electron chi connectivity index (χ0n) is 9.83. The van der Waals surface area contributed by atoms with E-state index in [-0.39, 0.29) is 23.3 Å². The maximum Gasteiger partial charge on any atom is 0.241 e. The minimum atomic E-state index is -3.67. The highest BCUT2D eigenvalue weighted by molar-refractivity contribution is 7.89. The molecule has 0 amide bonds. The van der Waals surface area contributed by atoms with Crippen LogP contribution in [0.1, 0.15) is 6.92 Å². The van der Waals surface area contributed by atoms with E-state index in [1.165, 1.54) is 13.2 Å². The Balaban J connectivity index is 0.000000437. The quantitative estimate of drug-likeness (QED) is 0.689. The van der Waals surface area contributed by atoms with Gasteiger partial charge in [0.1, 0.15) is 10.6 Å². The molecule has 0 saturated heterocycles. The number of rotatable bonds is 3. The molecular weight excluding hydrogens is 244 g/mol. The second-order valence-electron chi connectivity index (χ2n) is 3.36. The van der Waals surface area contributed by atoms with E-state index in [9.17, 15) is 8.42 Å². The Bertz CT molecular complexity index is 432. The highest BCUT2D eigenvalue weighted by atomic mass is 32.2. The molecule has 7 heteroatoms. The van der Waals surface area contributed by atoms with Gasteiger partial charge in [-0.3, -0.25) is 0 Å². The number of methoxy groups -OCH3 is 1. The van der Waals surface area contributed by atoms with Crippen LogP contribution in [0.4, 0.5) is 0 Å². The number of primary sulfonamides is 1. The van der Waals surface area contributed by atoms with Gasteiger partial charge in [0.15, 0.2) is 0 Å². The van der Waals surface area contributed by atoms with E-state index < -0.39 is 10.0 Å². The van der Waals surface area contributed by atoms with Crippen LogP contribution in [0.5, 0.6) is 5.75 Å². The molecule has 0 fully saturated rings. The molecule has 0 radical (unpaired) electrons. The Hall–Kier alpha value is -1.15. The molecule has 1 unspecified atom stereocenters. The van der Waals surface area contributed by atoms with Crippen molar-refractivity contribution < 1.29 is 18.3 Å². The minimum Gasteiger partial charge on any atom is -0.495 e. The van der Waals surface area contributed by atoms with Gasteiger partial charge in [-0.2, -0.15) is 0 Å². The molecule has 1 atom stereocenters. The standard InChI is InChI=1S/C7H9NO3S.C3H9NO/c1-11-6-4-2-3-5-7(6)12(8,9)10;1-3(4)2-5/h2-5H,1H3,(H2,8,9,10);3,5H,2,4H2,1H3. The Morgan fingerprint density at radius 1 is 1.41 bits per heavy atom. The van der Waals surface area contributed by atoms with Gasteiger partial charge in [0.25, 0.3) is 0 Å². The molecule has 0 aliphatic rings. The van der Waals surface area contributed by atoms with E-state index in [2.05, 4.69) is 0 Å². The van der Waals surface area contributed by atoms with Crippen molar-refractivity contribution in [3.8, 4) is 5.75 Å². The van der Waals surface area contributed by atoms with E-state index in [4.69, 9.17) is 20.7 Å². The van der Waals surface area contributed by atoms with Gasteiger partial charge in [0.2, 0.25) is 10.0 Å².